The summed E-state index contributed by atoms with van der Waals surface area (Å²) >= 11 is 0. The second-order valence-corrected chi connectivity index (χ2v) is 13.8. The SMILES string of the molecule is CCCC[C@H](NCC1Cc2cccc(c2)CCCCc2cc(cc(N(C)S(C)(=O)=O)c2)C(=O)N1)C(=O)NCC(C)C. The molecule has 41 heavy (non-hydrogen) atoms. The van der Waals surface area contributed by atoms with Crippen LogP contribution in [0.3, 0.4) is 0 Å². The first kappa shape index (κ1) is 32.6. The van der Waals surface area contributed by atoms with Gasteiger partial charge in [-0.05, 0) is 79.3 Å². The third-order valence-corrected chi connectivity index (χ3v) is 8.75. The molecule has 0 saturated heterocycles. The normalized spacial score (nSPS) is 16.9. The van der Waals surface area contributed by atoms with Gasteiger partial charge in [0.25, 0.3) is 5.91 Å². The molecule has 0 aromatic heterocycles. The number of aryl methyl sites for hydroxylation is 2. The molecule has 2 aromatic carbocycles. The van der Waals surface area contributed by atoms with Crippen molar-refractivity contribution in [3.05, 3.63) is 64.7 Å². The van der Waals surface area contributed by atoms with Crippen molar-refractivity contribution in [1.82, 2.24) is 16.0 Å². The summed E-state index contributed by atoms with van der Waals surface area (Å²) in [7, 11) is -1.98. The van der Waals surface area contributed by atoms with E-state index in [0.717, 1.165) is 62.3 Å². The van der Waals surface area contributed by atoms with Crippen molar-refractivity contribution in [2.24, 2.45) is 5.92 Å². The van der Waals surface area contributed by atoms with Crippen molar-refractivity contribution in [2.75, 3.05) is 30.7 Å². The minimum Gasteiger partial charge on any atom is -0.354 e. The monoisotopic (exact) mass is 584 g/mol. The number of nitrogens with zero attached hydrogens (tertiary/aromatic N) is 1. The number of sulfonamides is 1. The van der Waals surface area contributed by atoms with Crippen LogP contribution in [0.5, 0.6) is 0 Å². The smallest absolute Gasteiger partial charge is 0.251 e. The molecule has 2 aromatic rings. The van der Waals surface area contributed by atoms with Crippen LogP contribution in [-0.2, 0) is 34.1 Å². The van der Waals surface area contributed by atoms with E-state index >= 15 is 0 Å². The number of unbranched alkanes of at least 4 members (excludes halogenated alkanes) is 1. The molecule has 2 atom stereocenters. The van der Waals surface area contributed by atoms with Gasteiger partial charge in [0.15, 0.2) is 0 Å². The van der Waals surface area contributed by atoms with Gasteiger partial charge in [-0.3, -0.25) is 13.9 Å². The second kappa shape index (κ2) is 15.4. The molecule has 3 N–H and O–H groups in total. The Labute approximate surface area is 246 Å². The molecule has 8 nitrogen and oxygen atoms in total. The molecule has 0 aliphatic carbocycles. The number of hydrogen-bond acceptors (Lipinski definition) is 5. The minimum absolute atomic E-state index is 0.0116. The topological polar surface area (TPSA) is 108 Å². The van der Waals surface area contributed by atoms with Crippen molar-refractivity contribution in [1.29, 1.82) is 0 Å². The van der Waals surface area contributed by atoms with Gasteiger partial charge in [-0.25, -0.2) is 8.42 Å². The summed E-state index contributed by atoms with van der Waals surface area (Å²) in [6.45, 7) is 7.30. The Balaban J connectivity index is 1.90. The highest BCUT2D eigenvalue weighted by Gasteiger charge is 2.23. The molecule has 1 aliphatic rings. The lowest BCUT2D eigenvalue weighted by atomic mass is 9.97. The number of benzene rings is 2. The lowest BCUT2D eigenvalue weighted by Gasteiger charge is -2.25. The van der Waals surface area contributed by atoms with E-state index in [-0.39, 0.29) is 23.9 Å². The van der Waals surface area contributed by atoms with E-state index in [1.807, 2.05) is 12.1 Å². The fourth-order valence-electron chi connectivity index (χ4n) is 5.07. The van der Waals surface area contributed by atoms with Crippen LogP contribution in [0.4, 0.5) is 5.69 Å². The molecule has 3 rings (SSSR count). The molecule has 0 spiro atoms. The van der Waals surface area contributed by atoms with Crippen LogP contribution in [0.1, 0.15) is 79.9 Å². The fraction of sp³-hybridized carbons (Fsp3) is 0.562. The Morgan fingerprint density at radius 1 is 1.07 bits per heavy atom. The number of carbonyl (C=O) groups excluding carboxylic acids is 2. The van der Waals surface area contributed by atoms with Crippen LogP contribution in [0.25, 0.3) is 0 Å². The van der Waals surface area contributed by atoms with Gasteiger partial charge in [0.05, 0.1) is 18.0 Å². The molecule has 226 valence electrons. The van der Waals surface area contributed by atoms with Crippen LogP contribution in [0, 0.1) is 5.92 Å². The largest absolute Gasteiger partial charge is 0.354 e. The van der Waals surface area contributed by atoms with Crippen LogP contribution >= 0.6 is 0 Å². The van der Waals surface area contributed by atoms with E-state index in [4.69, 9.17) is 0 Å². The molecule has 0 fully saturated rings. The van der Waals surface area contributed by atoms with Crippen molar-refractivity contribution >= 4 is 27.5 Å². The minimum atomic E-state index is -3.49. The Morgan fingerprint density at radius 3 is 2.46 bits per heavy atom. The number of nitrogens with one attached hydrogen (secondary N) is 3. The molecular weight excluding hydrogens is 536 g/mol. The molecular formula is C32H48N4O4S. The van der Waals surface area contributed by atoms with E-state index in [1.165, 1.54) is 16.9 Å². The lowest BCUT2D eigenvalue weighted by Crippen LogP contribution is -2.51. The van der Waals surface area contributed by atoms with Gasteiger partial charge in [0.1, 0.15) is 0 Å². The molecule has 1 heterocycles. The predicted molar refractivity (Wildman–Crippen MR) is 167 cm³/mol. The standard InChI is InChI=1S/C32H48N4O4S/c1-6-7-15-30(32(38)34-21-23(2)3)33-22-28-18-25-14-10-13-24(16-25)11-8-9-12-26-17-27(31(37)35-28)20-29(19-26)36(4)41(5,39)40/h10,13-14,16-17,19-20,23,28,30,33H,6-9,11-12,15,18,21-22H2,1-5H3,(H,34,38)(H,35,37)/t28?,30-/m0/s1. The van der Waals surface area contributed by atoms with E-state index in [2.05, 4.69) is 61.0 Å². The summed E-state index contributed by atoms with van der Waals surface area (Å²) < 4.78 is 25.8. The Kier molecular flexibility index (Phi) is 12.2. The summed E-state index contributed by atoms with van der Waals surface area (Å²) in [5, 5.41) is 9.70. The van der Waals surface area contributed by atoms with Gasteiger partial charge in [-0.2, -0.15) is 0 Å². The van der Waals surface area contributed by atoms with Crippen molar-refractivity contribution < 1.29 is 18.0 Å². The van der Waals surface area contributed by atoms with Crippen LogP contribution in [0.15, 0.2) is 42.5 Å². The van der Waals surface area contributed by atoms with Crippen molar-refractivity contribution in [3.63, 3.8) is 0 Å². The Hall–Kier alpha value is -2.91. The van der Waals surface area contributed by atoms with Gasteiger partial charge < -0.3 is 16.0 Å². The molecule has 1 aliphatic heterocycles. The van der Waals surface area contributed by atoms with Gasteiger partial charge in [0.2, 0.25) is 15.9 Å². The van der Waals surface area contributed by atoms with Gasteiger partial charge in [-0.15, -0.1) is 0 Å². The summed E-state index contributed by atoms with van der Waals surface area (Å²) in [4.78, 5) is 26.6. The van der Waals surface area contributed by atoms with E-state index in [0.29, 0.717) is 36.7 Å². The molecule has 0 saturated carbocycles. The number of rotatable bonds is 11. The van der Waals surface area contributed by atoms with Gasteiger partial charge >= 0.3 is 0 Å². The molecule has 9 heteroatoms. The molecule has 1 unspecified atom stereocenters. The highest BCUT2D eigenvalue weighted by atomic mass is 32.2. The fourth-order valence-corrected chi connectivity index (χ4v) is 5.56. The average Bonchev–Trinajstić information content (AvgIpc) is 2.92. The van der Waals surface area contributed by atoms with Crippen molar-refractivity contribution in [2.45, 2.75) is 84.2 Å². The quantitative estimate of drug-likeness (QED) is 0.367. The third-order valence-electron chi connectivity index (χ3n) is 7.55. The first-order valence-corrected chi connectivity index (χ1v) is 16.8. The maximum atomic E-state index is 13.6. The Morgan fingerprint density at radius 2 is 1.78 bits per heavy atom. The third kappa shape index (κ3) is 10.5. The summed E-state index contributed by atoms with van der Waals surface area (Å²) in [6.07, 6.45) is 8.03. The van der Waals surface area contributed by atoms with Crippen LogP contribution in [-0.4, -0.2) is 58.7 Å². The lowest BCUT2D eigenvalue weighted by molar-refractivity contribution is -0.123. The van der Waals surface area contributed by atoms with E-state index < -0.39 is 10.0 Å². The average molecular weight is 585 g/mol. The second-order valence-electron chi connectivity index (χ2n) is 11.8. The number of hydrogen-bond donors (Lipinski definition) is 3. The maximum absolute atomic E-state index is 13.6. The zero-order valence-electron chi connectivity index (χ0n) is 25.3. The highest BCUT2D eigenvalue weighted by Crippen LogP contribution is 2.23. The summed E-state index contributed by atoms with van der Waals surface area (Å²) in [6, 6.07) is 13.3. The van der Waals surface area contributed by atoms with Crippen LogP contribution in [0.2, 0.25) is 0 Å². The highest BCUT2D eigenvalue weighted by molar-refractivity contribution is 7.92. The van der Waals surface area contributed by atoms with Crippen LogP contribution < -0.4 is 20.3 Å². The number of amides is 2. The Bertz CT molecular complexity index is 1280. The predicted octanol–water partition coefficient (Wildman–Crippen LogP) is 4.22. The number of fused-ring (bicyclic) bond motifs is 4. The maximum Gasteiger partial charge on any atom is 0.251 e. The van der Waals surface area contributed by atoms with Gasteiger partial charge in [0, 0.05) is 31.7 Å². The summed E-state index contributed by atoms with van der Waals surface area (Å²) in [5.74, 6) is 0.0891. The van der Waals surface area contributed by atoms with E-state index in [1.54, 1.807) is 6.07 Å². The number of carbonyl (C=O) groups is 2. The first-order chi connectivity index (χ1) is 19.5. The summed E-state index contributed by atoms with van der Waals surface area (Å²) in [5.41, 5.74) is 4.24. The first-order valence-electron chi connectivity index (χ1n) is 14.9. The van der Waals surface area contributed by atoms with Gasteiger partial charge in [-0.1, -0.05) is 57.9 Å². The molecule has 4 bridgehead atoms. The molecule has 0 radical (unpaired) electrons. The number of anilines is 1. The molecule has 2 amide bonds. The zero-order chi connectivity index (χ0) is 30.0. The van der Waals surface area contributed by atoms with E-state index in [9.17, 15) is 18.0 Å². The van der Waals surface area contributed by atoms with Crippen molar-refractivity contribution in [3.8, 4) is 0 Å². The zero-order valence-corrected chi connectivity index (χ0v) is 26.1.